The molecule has 3 N–H and O–H groups in total. The molecule has 0 unspecified atom stereocenters. The zero-order valence-electron chi connectivity index (χ0n) is 15.6. The highest BCUT2D eigenvalue weighted by molar-refractivity contribution is 14.0. The number of rotatable bonds is 9. The molecule has 0 saturated carbocycles. The second-order valence-corrected chi connectivity index (χ2v) is 6.12. The van der Waals surface area contributed by atoms with E-state index < -0.39 is 0 Å². The maximum Gasteiger partial charge on any atom is 0.226 e. The van der Waals surface area contributed by atoms with Crippen LogP contribution in [0.2, 0.25) is 0 Å². The number of hydrogen-bond donors (Lipinski definition) is 2. The fraction of sp³-hybridized carbons (Fsp3) is 0.500. The number of ether oxygens (including phenoxy) is 1. The molecule has 0 saturated heterocycles. The average molecular weight is 473 g/mol. The van der Waals surface area contributed by atoms with Crippen LogP contribution in [-0.4, -0.2) is 35.8 Å². The molecular weight excluding hydrogens is 445 g/mol. The van der Waals surface area contributed by atoms with Crippen molar-refractivity contribution < 1.29 is 9.26 Å². The highest BCUT2D eigenvalue weighted by Crippen LogP contribution is 2.20. The number of hydrogen-bond acceptors (Lipinski definition) is 5. The zero-order chi connectivity index (χ0) is 18.1. The van der Waals surface area contributed by atoms with Gasteiger partial charge >= 0.3 is 0 Å². The first-order chi connectivity index (χ1) is 12.1. The molecular formula is C18H28IN5O2. The Kier molecular flexibility index (Phi) is 10.0. The Morgan fingerprint density at radius 2 is 1.96 bits per heavy atom. The Labute approximate surface area is 171 Å². The lowest BCUT2D eigenvalue weighted by molar-refractivity contribution is 0.374. The second kappa shape index (κ2) is 11.7. The molecule has 2 aromatic rings. The number of nitrogens with two attached hydrogens (primary N) is 1. The van der Waals surface area contributed by atoms with Crippen LogP contribution in [0, 0.1) is 0 Å². The summed E-state index contributed by atoms with van der Waals surface area (Å²) in [5, 5.41) is 7.11. The SMILES string of the molecule is COc1ccc(-c2noc(CCCCCN=C(N)NC(C)C)n2)cc1.I. The van der Waals surface area contributed by atoms with Crippen LogP contribution in [0.4, 0.5) is 0 Å². The van der Waals surface area contributed by atoms with E-state index in [9.17, 15) is 0 Å². The van der Waals surface area contributed by atoms with E-state index in [1.54, 1.807) is 7.11 Å². The summed E-state index contributed by atoms with van der Waals surface area (Å²) in [6.45, 7) is 4.80. The highest BCUT2D eigenvalue weighted by atomic mass is 127. The summed E-state index contributed by atoms with van der Waals surface area (Å²) in [6, 6.07) is 7.90. The number of guanidine groups is 1. The third-order valence-corrected chi connectivity index (χ3v) is 3.58. The van der Waals surface area contributed by atoms with Crippen molar-refractivity contribution in [3.05, 3.63) is 30.2 Å². The van der Waals surface area contributed by atoms with E-state index in [4.69, 9.17) is 15.0 Å². The first-order valence-electron chi connectivity index (χ1n) is 8.62. The molecule has 0 radical (unpaired) electrons. The Balaban J connectivity index is 0.00000338. The lowest BCUT2D eigenvalue weighted by Gasteiger charge is -2.08. The zero-order valence-corrected chi connectivity index (χ0v) is 17.9. The van der Waals surface area contributed by atoms with E-state index in [0.29, 0.717) is 23.7 Å². The monoisotopic (exact) mass is 473 g/mol. The third-order valence-electron chi connectivity index (χ3n) is 3.58. The van der Waals surface area contributed by atoms with Gasteiger partial charge < -0.3 is 20.3 Å². The van der Waals surface area contributed by atoms with E-state index in [0.717, 1.165) is 43.5 Å². The lowest BCUT2D eigenvalue weighted by atomic mass is 10.2. The molecule has 0 atom stereocenters. The maximum atomic E-state index is 5.75. The summed E-state index contributed by atoms with van der Waals surface area (Å²) in [5.74, 6) is 2.58. The Morgan fingerprint density at radius 3 is 2.62 bits per heavy atom. The first-order valence-corrected chi connectivity index (χ1v) is 8.62. The number of aliphatic imine (C=N–C) groups is 1. The first kappa shape index (κ1) is 22.2. The lowest BCUT2D eigenvalue weighted by Crippen LogP contribution is -2.36. The van der Waals surface area contributed by atoms with Crippen LogP contribution in [0.15, 0.2) is 33.8 Å². The van der Waals surface area contributed by atoms with Gasteiger partial charge in [-0.3, -0.25) is 4.99 Å². The van der Waals surface area contributed by atoms with Crippen LogP contribution in [0.5, 0.6) is 5.75 Å². The van der Waals surface area contributed by atoms with Crippen LogP contribution in [-0.2, 0) is 6.42 Å². The molecule has 1 heterocycles. The van der Waals surface area contributed by atoms with Gasteiger partial charge in [-0.15, -0.1) is 24.0 Å². The minimum absolute atomic E-state index is 0. The van der Waals surface area contributed by atoms with Gasteiger partial charge in [0.25, 0.3) is 0 Å². The number of unbranched alkanes of at least 4 members (excludes halogenated alkanes) is 2. The van der Waals surface area contributed by atoms with Crippen LogP contribution in [0.3, 0.4) is 0 Å². The molecule has 0 aliphatic heterocycles. The summed E-state index contributed by atoms with van der Waals surface area (Å²) in [7, 11) is 1.64. The molecule has 1 aromatic carbocycles. The molecule has 0 aliphatic carbocycles. The molecule has 26 heavy (non-hydrogen) atoms. The van der Waals surface area contributed by atoms with Crippen LogP contribution >= 0.6 is 24.0 Å². The van der Waals surface area contributed by atoms with Gasteiger partial charge in [-0.05, 0) is 51.0 Å². The number of methoxy groups -OCH3 is 1. The van der Waals surface area contributed by atoms with Gasteiger partial charge in [-0.25, -0.2) is 0 Å². The summed E-state index contributed by atoms with van der Waals surface area (Å²) in [5.41, 5.74) is 6.67. The molecule has 144 valence electrons. The molecule has 0 aliphatic rings. The van der Waals surface area contributed by atoms with Crippen molar-refractivity contribution in [1.82, 2.24) is 15.5 Å². The number of halogens is 1. The van der Waals surface area contributed by atoms with E-state index in [1.807, 2.05) is 38.1 Å². The maximum absolute atomic E-state index is 5.75. The van der Waals surface area contributed by atoms with Crippen LogP contribution < -0.4 is 15.8 Å². The largest absolute Gasteiger partial charge is 0.497 e. The van der Waals surface area contributed by atoms with Gasteiger partial charge in [0, 0.05) is 24.6 Å². The van der Waals surface area contributed by atoms with Crippen LogP contribution in [0.25, 0.3) is 11.4 Å². The molecule has 7 nitrogen and oxygen atoms in total. The average Bonchev–Trinajstić information content (AvgIpc) is 3.06. The molecule has 1 aromatic heterocycles. The molecule has 0 fully saturated rings. The number of nitrogens with one attached hydrogen (secondary N) is 1. The smallest absolute Gasteiger partial charge is 0.226 e. The summed E-state index contributed by atoms with van der Waals surface area (Å²) in [6.07, 6.45) is 3.78. The highest BCUT2D eigenvalue weighted by Gasteiger charge is 2.08. The van der Waals surface area contributed by atoms with Crippen molar-refractivity contribution in [1.29, 1.82) is 0 Å². The van der Waals surface area contributed by atoms with Crippen molar-refractivity contribution in [2.75, 3.05) is 13.7 Å². The van der Waals surface area contributed by atoms with Crippen molar-refractivity contribution in [3.8, 4) is 17.1 Å². The number of aryl methyl sites for hydroxylation is 1. The fourth-order valence-electron chi connectivity index (χ4n) is 2.32. The normalized spacial score (nSPS) is 11.3. The van der Waals surface area contributed by atoms with Gasteiger partial charge in [0.05, 0.1) is 7.11 Å². The van der Waals surface area contributed by atoms with Crippen molar-refractivity contribution in [2.45, 2.75) is 45.6 Å². The molecule has 0 amide bonds. The van der Waals surface area contributed by atoms with E-state index in [2.05, 4.69) is 20.4 Å². The van der Waals surface area contributed by atoms with Crippen LogP contribution in [0.1, 0.15) is 39.0 Å². The third kappa shape index (κ3) is 7.59. The standard InChI is InChI=1S/C18H27N5O2.HI/c1-13(2)21-18(19)20-12-6-4-5-7-16-22-17(23-25-16)14-8-10-15(24-3)11-9-14;/h8-11,13H,4-7,12H2,1-3H3,(H3,19,20,21);1H. The van der Waals surface area contributed by atoms with E-state index >= 15 is 0 Å². The molecule has 2 rings (SSSR count). The summed E-state index contributed by atoms with van der Waals surface area (Å²) >= 11 is 0. The van der Waals surface area contributed by atoms with Crippen molar-refractivity contribution >= 4 is 29.9 Å². The fourth-order valence-corrected chi connectivity index (χ4v) is 2.32. The van der Waals surface area contributed by atoms with Gasteiger partial charge in [-0.2, -0.15) is 4.98 Å². The van der Waals surface area contributed by atoms with Gasteiger partial charge in [-0.1, -0.05) is 11.6 Å². The predicted octanol–water partition coefficient (Wildman–Crippen LogP) is 3.39. The van der Waals surface area contributed by atoms with E-state index in [1.165, 1.54) is 0 Å². The minimum Gasteiger partial charge on any atom is -0.497 e. The predicted molar refractivity (Wildman–Crippen MR) is 114 cm³/mol. The minimum atomic E-state index is 0. The second-order valence-electron chi connectivity index (χ2n) is 6.12. The van der Waals surface area contributed by atoms with Crippen molar-refractivity contribution in [3.63, 3.8) is 0 Å². The molecule has 8 heteroatoms. The Morgan fingerprint density at radius 1 is 1.23 bits per heavy atom. The van der Waals surface area contributed by atoms with Gasteiger partial charge in [0.1, 0.15) is 5.75 Å². The summed E-state index contributed by atoms with van der Waals surface area (Å²) in [4.78, 5) is 8.73. The van der Waals surface area contributed by atoms with Gasteiger partial charge in [0.2, 0.25) is 11.7 Å². The quantitative estimate of drug-likeness (QED) is 0.251. The summed E-state index contributed by atoms with van der Waals surface area (Å²) < 4.78 is 10.5. The van der Waals surface area contributed by atoms with Crippen molar-refractivity contribution in [2.24, 2.45) is 10.7 Å². The van der Waals surface area contributed by atoms with Gasteiger partial charge in [0.15, 0.2) is 5.96 Å². The van der Waals surface area contributed by atoms with E-state index in [-0.39, 0.29) is 24.0 Å². The number of aromatic nitrogens is 2. The number of nitrogens with zero attached hydrogens (tertiary/aromatic N) is 3. The molecule has 0 bridgehead atoms. The Bertz CT molecular complexity index is 670. The number of benzene rings is 1. The Hall–Kier alpha value is -1.84. The topological polar surface area (TPSA) is 98.6 Å². The molecule has 0 spiro atoms.